The first kappa shape index (κ1) is 17.0. The second kappa shape index (κ2) is 6.59. The highest BCUT2D eigenvalue weighted by Crippen LogP contribution is 2.49. The summed E-state index contributed by atoms with van der Waals surface area (Å²) in [7, 11) is 0. The van der Waals surface area contributed by atoms with Crippen molar-refractivity contribution in [2.75, 3.05) is 11.9 Å². The monoisotopic (exact) mass is 339 g/mol. The Hall–Kier alpha value is -2.82. The number of rotatable bonds is 6. The van der Waals surface area contributed by atoms with E-state index in [9.17, 15) is 9.59 Å². The normalized spacial score (nSPS) is 14.6. The molecule has 0 radical (unpaired) electrons. The van der Waals surface area contributed by atoms with Gasteiger partial charge in [0, 0.05) is 5.69 Å². The summed E-state index contributed by atoms with van der Waals surface area (Å²) in [5.74, 6) is -0.554. The maximum atomic E-state index is 12.8. The second-order valence-electron chi connectivity index (χ2n) is 6.56. The molecule has 0 saturated heterocycles. The summed E-state index contributed by atoms with van der Waals surface area (Å²) in [6, 6.07) is 13.2. The Labute approximate surface area is 146 Å². The third-order valence-corrected chi connectivity index (χ3v) is 4.56. The number of aliphatic carboxylic acids is 1. The van der Waals surface area contributed by atoms with E-state index < -0.39 is 11.4 Å². The third-order valence-electron chi connectivity index (χ3n) is 4.56. The fraction of sp³-hybridized carbons (Fsp3) is 0.300. The average Bonchev–Trinajstić information content (AvgIpc) is 3.37. The molecule has 0 unspecified atom stereocenters. The van der Waals surface area contributed by atoms with Gasteiger partial charge in [-0.05, 0) is 56.0 Å². The minimum absolute atomic E-state index is 0.000374. The van der Waals surface area contributed by atoms with Crippen molar-refractivity contribution in [2.45, 2.75) is 32.1 Å². The van der Waals surface area contributed by atoms with Crippen molar-refractivity contribution >= 4 is 17.6 Å². The minimum atomic E-state index is -1.02. The number of aryl methyl sites for hydroxylation is 2. The highest BCUT2D eigenvalue weighted by molar-refractivity contribution is 6.01. The van der Waals surface area contributed by atoms with Crippen LogP contribution in [-0.2, 0) is 15.0 Å². The molecule has 1 aliphatic rings. The Morgan fingerprint density at radius 3 is 2.52 bits per heavy atom. The molecular weight excluding hydrogens is 318 g/mol. The zero-order valence-corrected chi connectivity index (χ0v) is 14.3. The molecule has 2 N–H and O–H groups in total. The number of carbonyl (C=O) groups excluding carboxylic acids is 1. The van der Waals surface area contributed by atoms with Crippen molar-refractivity contribution in [3.05, 3.63) is 59.2 Å². The van der Waals surface area contributed by atoms with Crippen LogP contribution in [0.15, 0.2) is 42.5 Å². The Balaban J connectivity index is 1.74. The van der Waals surface area contributed by atoms with Crippen LogP contribution < -0.4 is 10.1 Å². The molecule has 1 saturated carbocycles. The van der Waals surface area contributed by atoms with Crippen LogP contribution >= 0.6 is 0 Å². The molecule has 0 atom stereocenters. The van der Waals surface area contributed by atoms with Crippen LogP contribution in [0.3, 0.4) is 0 Å². The lowest BCUT2D eigenvalue weighted by Crippen LogP contribution is -2.28. The SMILES string of the molecule is Cc1cccc(C2(C(=O)Nc3ccc(OCC(=O)O)cc3C)CC2)c1. The highest BCUT2D eigenvalue weighted by Gasteiger charge is 2.51. The molecule has 130 valence electrons. The zero-order chi connectivity index (χ0) is 18.0. The summed E-state index contributed by atoms with van der Waals surface area (Å²) in [6.45, 7) is 3.49. The summed E-state index contributed by atoms with van der Waals surface area (Å²) in [6.07, 6.45) is 1.70. The van der Waals surface area contributed by atoms with E-state index >= 15 is 0 Å². The molecule has 1 aliphatic carbocycles. The van der Waals surface area contributed by atoms with E-state index in [1.165, 1.54) is 0 Å². The summed E-state index contributed by atoms with van der Waals surface area (Å²) in [5.41, 5.74) is 3.32. The number of hydrogen-bond donors (Lipinski definition) is 2. The number of anilines is 1. The van der Waals surface area contributed by atoms with Gasteiger partial charge in [-0.2, -0.15) is 0 Å². The van der Waals surface area contributed by atoms with Gasteiger partial charge in [0.1, 0.15) is 5.75 Å². The van der Waals surface area contributed by atoms with E-state index in [1.54, 1.807) is 18.2 Å². The van der Waals surface area contributed by atoms with Gasteiger partial charge in [-0.15, -0.1) is 0 Å². The first-order valence-electron chi connectivity index (χ1n) is 8.24. The third kappa shape index (κ3) is 3.65. The Bertz CT molecular complexity index is 824. The van der Waals surface area contributed by atoms with E-state index in [2.05, 4.69) is 11.4 Å². The van der Waals surface area contributed by atoms with E-state index in [0.29, 0.717) is 11.4 Å². The molecule has 2 aromatic rings. The number of hydrogen-bond acceptors (Lipinski definition) is 3. The number of carbonyl (C=O) groups is 2. The van der Waals surface area contributed by atoms with Gasteiger partial charge in [0.15, 0.2) is 6.61 Å². The molecular formula is C20H21NO4. The van der Waals surface area contributed by atoms with Gasteiger partial charge in [-0.25, -0.2) is 4.79 Å². The number of ether oxygens (including phenoxy) is 1. The molecule has 1 fully saturated rings. The standard InChI is InChI=1S/C20H21NO4/c1-13-4-3-5-15(10-13)20(8-9-20)19(24)21-17-7-6-16(11-14(17)2)25-12-18(22)23/h3-7,10-11H,8-9,12H2,1-2H3,(H,21,24)(H,22,23). The number of amides is 1. The maximum absolute atomic E-state index is 12.8. The first-order chi connectivity index (χ1) is 11.9. The first-order valence-corrected chi connectivity index (χ1v) is 8.24. The van der Waals surface area contributed by atoms with Crippen LogP contribution in [0.1, 0.15) is 29.5 Å². The van der Waals surface area contributed by atoms with Crippen LogP contribution in [0.25, 0.3) is 0 Å². The molecule has 0 aromatic heterocycles. The summed E-state index contributed by atoms with van der Waals surface area (Å²) < 4.78 is 5.16. The quantitative estimate of drug-likeness (QED) is 0.845. The topological polar surface area (TPSA) is 75.6 Å². The van der Waals surface area contributed by atoms with Gasteiger partial charge in [-0.3, -0.25) is 4.79 Å². The molecule has 0 bridgehead atoms. The lowest BCUT2D eigenvalue weighted by molar-refractivity contribution is -0.139. The van der Waals surface area contributed by atoms with E-state index in [1.807, 2.05) is 32.0 Å². The molecule has 2 aromatic carbocycles. The number of carboxylic acids is 1. The van der Waals surface area contributed by atoms with Gasteiger partial charge in [-0.1, -0.05) is 29.8 Å². The molecule has 5 nitrogen and oxygen atoms in total. The summed E-state index contributed by atoms with van der Waals surface area (Å²) in [4.78, 5) is 23.4. The molecule has 0 aliphatic heterocycles. The Morgan fingerprint density at radius 2 is 1.92 bits per heavy atom. The fourth-order valence-electron chi connectivity index (χ4n) is 2.97. The lowest BCUT2D eigenvalue weighted by atomic mass is 9.93. The van der Waals surface area contributed by atoms with Gasteiger partial charge < -0.3 is 15.2 Å². The van der Waals surface area contributed by atoms with Crippen molar-refractivity contribution in [1.82, 2.24) is 0 Å². The lowest BCUT2D eigenvalue weighted by Gasteiger charge is -2.18. The Morgan fingerprint density at radius 1 is 1.16 bits per heavy atom. The predicted molar refractivity (Wildman–Crippen MR) is 95.0 cm³/mol. The number of nitrogens with one attached hydrogen (secondary N) is 1. The summed E-state index contributed by atoms with van der Waals surface area (Å²) in [5, 5.41) is 11.7. The van der Waals surface area contributed by atoms with Crippen molar-refractivity contribution in [1.29, 1.82) is 0 Å². The van der Waals surface area contributed by atoms with Crippen molar-refractivity contribution in [3.8, 4) is 5.75 Å². The van der Waals surface area contributed by atoms with E-state index in [0.717, 1.165) is 29.5 Å². The molecule has 3 rings (SSSR count). The van der Waals surface area contributed by atoms with E-state index in [4.69, 9.17) is 9.84 Å². The fourth-order valence-corrected chi connectivity index (χ4v) is 2.97. The van der Waals surface area contributed by atoms with Gasteiger partial charge in [0.05, 0.1) is 5.41 Å². The number of carboxylic acid groups (broad SMARTS) is 1. The van der Waals surface area contributed by atoms with Gasteiger partial charge in [0.25, 0.3) is 0 Å². The van der Waals surface area contributed by atoms with Crippen LogP contribution in [0.2, 0.25) is 0 Å². The molecule has 25 heavy (non-hydrogen) atoms. The van der Waals surface area contributed by atoms with Crippen LogP contribution in [0, 0.1) is 13.8 Å². The van der Waals surface area contributed by atoms with Crippen LogP contribution in [0.4, 0.5) is 5.69 Å². The summed E-state index contributed by atoms with van der Waals surface area (Å²) >= 11 is 0. The molecule has 0 spiro atoms. The van der Waals surface area contributed by atoms with Crippen LogP contribution in [-0.4, -0.2) is 23.6 Å². The second-order valence-corrected chi connectivity index (χ2v) is 6.56. The largest absolute Gasteiger partial charge is 0.482 e. The zero-order valence-electron chi connectivity index (χ0n) is 14.3. The predicted octanol–water partition coefficient (Wildman–Crippen LogP) is 3.44. The maximum Gasteiger partial charge on any atom is 0.341 e. The molecule has 1 amide bonds. The van der Waals surface area contributed by atoms with Crippen molar-refractivity contribution < 1.29 is 19.4 Å². The van der Waals surface area contributed by atoms with Gasteiger partial charge in [0.2, 0.25) is 5.91 Å². The smallest absolute Gasteiger partial charge is 0.341 e. The van der Waals surface area contributed by atoms with Crippen molar-refractivity contribution in [3.63, 3.8) is 0 Å². The van der Waals surface area contributed by atoms with Gasteiger partial charge >= 0.3 is 5.97 Å². The molecule has 0 heterocycles. The van der Waals surface area contributed by atoms with Crippen molar-refractivity contribution in [2.24, 2.45) is 0 Å². The van der Waals surface area contributed by atoms with E-state index in [-0.39, 0.29) is 12.5 Å². The Kier molecular flexibility index (Phi) is 4.49. The van der Waals surface area contributed by atoms with Crippen LogP contribution in [0.5, 0.6) is 5.75 Å². The molecule has 5 heteroatoms. The number of benzene rings is 2. The minimum Gasteiger partial charge on any atom is -0.482 e. The highest BCUT2D eigenvalue weighted by atomic mass is 16.5. The average molecular weight is 339 g/mol.